The zero-order valence-electron chi connectivity index (χ0n) is 8.43. The van der Waals surface area contributed by atoms with Crippen LogP contribution in [-0.4, -0.2) is 15.8 Å². The monoisotopic (exact) mass is 232 g/mol. The van der Waals surface area contributed by atoms with Crippen molar-refractivity contribution in [3.8, 4) is 0 Å². The third kappa shape index (κ3) is 2.64. The molecule has 0 bridgehead atoms. The maximum Gasteiger partial charge on any atom is 0.185 e. The molecule has 0 aromatic carbocycles. The highest BCUT2D eigenvalue weighted by Crippen LogP contribution is 2.08. The van der Waals surface area contributed by atoms with Crippen molar-refractivity contribution in [2.45, 2.75) is 6.42 Å². The molecular formula is C12H9ClN2O. The van der Waals surface area contributed by atoms with E-state index < -0.39 is 0 Å². The second-order valence-corrected chi connectivity index (χ2v) is 3.76. The topological polar surface area (TPSA) is 42.9 Å². The molecule has 0 unspecified atom stereocenters. The van der Waals surface area contributed by atoms with Crippen molar-refractivity contribution in [3.63, 3.8) is 0 Å². The second kappa shape index (κ2) is 4.86. The van der Waals surface area contributed by atoms with Gasteiger partial charge in [-0.3, -0.25) is 14.8 Å². The number of ketones is 1. The summed E-state index contributed by atoms with van der Waals surface area (Å²) < 4.78 is 0. The first kappa shape index (κ1) is 10.8. The van der Waals surface area contributed by atoms with Gasteiger partial charge in [-0.05, 0) is 23.8 Å². The highest BCUT2D eigenvalue weighted by molar-refractivity contribution is 6.30. The largest absolute Gasteiger partial charge is 0.292 e. The highest BCUT2D eigenvalue weighted by atomic mass is 35.5. The van der Waals surface area contributed by atoms with Crippen LogP contribution in [0.4, 0.5) is 0 Å². The van der Waals surface area contributed by atoms with Crippen LogP contribution in [0.15, 0.2) is 42.9 Å². The number of aromatic nitrogens is 2. The molecular weight excluding hydrogens is 224 g/mol. The molecule has 80 valence electrons. The van der Waals surface area contributed by atoms with Crippen LogP contribution in [0.2, 0.25) is 5.02 Å². The van der Waals surface area contributed by atoms with Gasteiger partial charge in [-0.2, -0.15) is 0 Å². The summed E-state index contributed by atoms with van der Waals surface area (Å²) in [7, 11) is 0. The molecule has 0 saturated heterocycles. The van der Waals surface area contributed by atoms with Crippen molar-refractivity contribution < 1.29 is 4.79 Å². The van der Waals surface area contributed by atoms with Crippen LogP contribution in [0.25, 0.3) is 0 Å². The summed E-state index contributed by atoms with van der Waals surface area (Å²) in [6, 6.07) is 6.95. The van der Waals surface area contributed by atoms with Crippen molar-refractivity contribution in [2.75, 3.05) is 0 Å². The molecule has 16 heavy (non-hydrogen) atoms. The van der Waals surface area contributed by atoms with Gasteiger partial charge in [0.1, 0.15) is 5.69 Å². The summed E-state index contributed by atoms with van der Waals surface area (Å²) in [5.41, 5.74) is 1.30. The van der Waals surface area contributed by atoms with Crippen LogP contribution in [0, 0.1) is 0 Å². The number of nitrogens with zero attached hydrogens (tertiary/aromatic N) is 2. The number of hydrogen-bond acceptors (Lipinski definition) is 3. The number of halogens is 1. The molecule has 3 nitrogen and oxygen atoms in total. The fourth-order valence-corrected chi connectivity index (χ4v) is 1.43. The van der Waals surface area contributed by atoms with Crippen LogP contribution in [0.1, 0.15) is 16.1 Å². The third-order valence-electron chi connectivity index (χ3n) is 2.10. The molecule has 0 atom stereocenters. The lowest BCUT2D eigenvalue weighted by molar-refractivity contribution is 0.0988. The minimum atomic E-state index is -0.0373. The standard InChI is InChI=1S/C12H9ClN2O/c13-10-3-4-11(15-8-10)12(16)6-9-2-1-5-14-7-9/h1-5,7-8H,6H2. The van der Waals surface area contributed by atoms with Crippen LogP contribution >= 0.6 is 11.6 Å². The van der Waals surface area contributed by atoms with Gasteiger partial charge in [-0.1, -0.05) is 17.7 Å². The summed E-state index contributed by atoms with van der Waals surface area (Å²) in [5, 5.41) is 0.526. The Labute approximate surface area is 98.1 Å². The van der Waals surface area contributed by atoms with Crippen molar-refractivity contribution in [1.82, 2.24) is 9.97 Å². The Morgan fingerprint density at radius 2 is 2.12 bits per heavy atom. The summed E-state index contributed by atoms with van der Waals surface area (Å²) in [6.45, 7) is 0. The fourth-order valence-electron chi connectivity index (χ4n) is 1.32. The molecule has 0 N–H and O–H groups in total. The Bertz CT molecular complexity index is 482. The lowest BCUT2D eigenvalue weighted by Gasteiger charge is -2.00. The zero-order chi connectivity index (χ0) is 11.4. The van der Waals surface area contributed by atoms with Crippen molar-refractivity contribution in [2.24, 2.45) is 0 Å². The second-order valence-electron chi connectivity index (χ2n) is 3.32. The van der Waals surface area contributed by atoms with Gasteiger partial charge >= 0.3 is 0 Å². The molecule has 0 fully saturated rings. The van der Waals surface area contributed by atoms with E-state index in [1.54, 1.807) is 30.6 Å². The molecule has 0 spiro atoms. The molecule has 0 radical (unpaired) electrons. The Hall–Kier alpha value is -1.74. The van der Waals surface area contributed by atoms with Crippen molar-refractivity contribution >= 4 is 17.4 Å². The number of carbonyl (C=O) groups excluding carboxylic acids is 1. The van der Waals surface area contributed by atoms with E-state index >= 15 is 0 Å². The van der Waals surface area contributed by atoms with E-state index in [4.69, 9.17) is 11.6 Å². The normalized spacial score (nSPS) is 10.1. The highest BCUT2D eigenvalue weighted by Gasteiger charge is 2.08. The van der Waals surface area contributed by atoms with Gasteiger partial charge in [0.05, 0.1) is 5.02 Å². The number of hydrogen-bond donors (Lipinski definition) is 0. The number of rotatable bonds is 3. The van der Waals surface area contributed by atoms with E-state index in [9.17, 15) is 4.79 Å². The molecule has 0 aliphatic heterocycles. The predicted octanol–water partition coefficient (Wildman–Crippen LogP) is 2.56. The quantitative estimate of drug-likeness (QED) is 0.764. The molecule has 0 amide bonds. The average Bonchev–Trinajstić information content (AvgIpc) is 2.31. The maximum atomic E-state index is 11.8. The van der Waals surface area contributed by atoms with Crippen molar-refractivity contribution in [1.29, 1.82) is 0 Å². The predicted molar refractivity (Wildman–Crippen MR) is 61.5 cm³/mol. The van der Waals surface area contributed by atoms with E-state index in [0.29, 0.717) is 17.1 Å². The molecule has 4 heteroatoms. The average molecular weight is 233 g/mol. The first-order valence-corrected chi connectivity index (χ1v) is 5.17. The Balaban J connectivity index is 2.12. The van der Waals surface area contributed by atoms with Crippen LogP contribution in [0.5, 0.6) is 0 Å². The smallest absolute Gasteiger partial charge is 0.185 e. The number of carbonyl (C=O) groups is 1. The summed E-state index contributed by atoms with van der Waals surface area (Å²) in [6.07, 6.45) is 5.13. The lowest BCUT2D eigenvalue weighted by Crippen LogP contribution is -2.05. The number of Topliss-reactive ketones (excluding diaryl/α,β-unsaturated/α-hetero) is 1. The molecule has 2 aromatic heterocycles. The van der Waals surface area contributed by atoms with E-state index in [2.05, 4.69) is 9.97 Å². The first-order valence-electron chi connectivity index (χ1n) is 4.79. The molecule has 0 saturated carbocycles. The maximum absolute atomic E-state index is 11.8. The molecule has 2 aromatic rings. The summed E-state index contributed by atoms with van der Waals surface area (Å²) in [4.78, 5) is 19.7. The van der Waals surface area contributed by atoms with Gasteiger partial charge in [0, 0.05) is 25.0 Å². The molecule has 2 heterocycles. The first-order chi connectivity index (χ1) is 7.75. The van der Waals surface area contributed by atoms with Crippen LogP contribution < -0.4 is 0 Å². The van der Waals surface area contributed by atoms with Crippen molar-refractivity contribution in [3.05, 3.63) is 59.1 Å². The Kier molecular flexibility index (Phi) is 3.27. The third-order valence-corrected chi connectivity index (χ3v) is 2.32. The minimum Gasteiger partial charge on any atom is -0.292 e. The summed E-state index contributed by atoms with van der Waals surface area (Å²) >= 11 is 5.69. The Morgan fingerprint density at radius 1 is 1.25 bits per heavy atom. The van der Waals surface area contributed by atoms with E-state index in [-0.39, 0.29) is 5.78 Å². The van der Waals surface area contributed by atoms with E-state index in [1.807, 2.05) is 6.07 Å². The lowest BCUT2D eigenvalue weighted by atomic mass is 10.1. The zero-order valence-corrected chi connectivity index (χ0v) is 9.19. The minimum absolute atomic E-state index is 0.0373. The van der Waals surface area contributed by atoms with E-state index in [0.717, 1.165) is 5.56 Å². The van der Waals surface area contributed by atoms with Gasteiger partial charge in [-0.15, -0.1) is 0 Å². The van der Waals surface area contributed by atoms with Gasteiger partial charge in [0.25, 0.3) is 0 Å². The van der Waals surface area contributed by atoms with Gasteiger partial charge in [0.2, 0.25) is 0 Å². The van der Waals surface area contributed by atoms with Gasteiger partial charge < -0.3 is 0 Å². The fraction of sp³-hybridized carbons (Fsp3) is 0.0833. The van der Waals surface area contributed by atoms with E-state index in [1.165, 1.54) is 6.20 Å². The molecule has 0 aliphatic rings. The summed E-state index contributed by atoms with van der Waals surface area (Å²) in [5.74, 6) is -0.0373. The SMILES string of the molecule is O=C(Cc1cccnc1)c1ccc(Cl)cn1. The van der Waals surface area contributed by atoms with Gasteiger partial charge in [0.15, 0.2) is 5.78 Å². The van der Waals surface area contributed by atoms with Crippen LogP contribution in [-0.2, 0) is 6.42 Å². The van der Waals surface area contributed by atoms with Crippen LogP contribution in [0.3, 0.4) is 0 Å². The molecule has 2 rings (SSSR count). The van der Waals surface area contributed by atoms with Gasteiger partial charge in [-0.25, -0.2) is 0 Å². The Morgan fingerprint density at radius 3 is 2.75 bits per heavy atom. The molecule has 0 aliphatic carbocycles. The number of pyridine rings is 2.